The van der Waals surface area contributed by atoms with Crippen molar-refractivity contribution in [3.63, 3.8) is 0 Å². The third kappa shape index (κ3) is 6.03. The number of carbonyl (C=O) groups excluding carboxylic acids is 1. The molecule has 0 bridgehead atoms. The van der Waals surface area contributed by atoms with Crippen molar-refractivity contribution in [2.24, 2.45) is 0 Å². The minimum Gasteiger partial charge on any atom is -0.460 e. The molecule has 0 aromatic heterocycles. The van der Waals surface area contributed by atoms with Gasteiger partial charge >= 0.3 is 5.97 Å². The van der Waals surface area contributed by atoms with E-state index in [-0.39, 0.29) is 11.5 Å². The van der Waals surface area contributed by atoms with Gasteiger partial charge in [0.05, 0.1) is 13.0 Å². The van der Waals surface area contributed by atoms with Gasteiger partial charge in [0.15, 0.2) is 0 Å². The van der Waals surface area contributed by atoms with Crippen molar-refractivity contribution >= 4 is 5.97 Å². The van der Waals surface area contributed by atoms with Crippen LogP contribution in [0, 0.1) is 0 Å². The Hall–Kier alpha value is -0.610. The van der Waals surface area contributed by atoms with E-state index in [4.69, 9.17) is 9.47 Å². The Morgan fingerprint density at radius 1 is 1.47 bits per heavy atom. The van der Waals surface area contributed by atoms with Crippen molar-refractivity contribution in [2.75, 3.05) is 19.8 Å². The first-order valence-electron chi connectivity index (χ1n) is 6.35. The van der Waals surface area contributed by atoms with E-state index in [1.54, 1.807) is 0 Å². The zero-order valence-electron chi connectivity index (χ0n) is 11.5. The number of ether oxygens (including phenoxy) is 2. The average Bonchev–Trinajstić information content (AvgIpc) is 2.15. The predicted octanol–water partition coefficient (Wildman–Crippen LogP) is 1.88. The molecule has 0 amide bonds. The predicted molar refractivity (Wildman–Crippen MR) is 66.9 cm³/mol. The molecular weight excluding hydrogens is 218 g/mol. The summed E-state index contributed by atoms with van der Waals surface area (Å²) in [6.45, 7) is 10.0. The highest BCUT2D eigenvalue weighted by molar-refractivity contribution is 5.70. The van der Waals surface area contributed by atoms with Gasteiger partial charge < -0.3 is 14.8 Å². The Morgan fingerprint density at radius 2 is 2.18 bits per heavy atom. The second kappa shape index (κ2) is 5.83. The van der Waals surface area contributed by atoms with Gasteiger partial charge in [-0.15, -0.1) is 0 Å². The van der Waals surface area contributed by atoms with Crippen LogP contribution in [0.25, 0.3) is 0 Å². The first-order chi connectivity index (χ1) is 7.81. The van der Waals surface area contributed by atoms with Crippen LogP contribution in [0.2, 0.25) is 0 Å². The summed E-state index contributed by atoms with van der Waals surface area (Å²) in [7, 11) is 0. The van der Waals surface area contributed by atoms with Crippen LogP contribution in [-0.2, 0) is 14.3 Å². The molecule has 1 fully saturated rings. The van der Waals surface area contributed by atoms with Crippen LogP contribution < -0.4 is 5.32 Å². The molecule has 4 heteroatoms. The van der Waals surface area contributed by atoms with Gasteiger partial charge in [-0.25, -0.2) is 0 Å². The SMILES string of the molecule is CC1(NCCC(=O)OC(C)(C)C)CCCOC1. The van der Waals surface area contributed by atoms with E-state index in [2.05, 4.69) is 12.2 Å². The number of hydrogen-bond acceptors (Lipinski definition) is 4. The second-order valence-corrected chi connectivity index (χ2v) is 5.98. The van der Waals surface area contributed by atoms with Gasteiger partial charge in [-0.3, -0.25) is 4.79 Å². The van der Waals surface area contributed by atoms with E-state index in [1.807, 2.05) is 20.8 Å². The summed E-state index contributed by atoms with van der Waals surface area (Å²) in [5.74, 6) is -0.148. The number of rotatable bonds is 4. The highest BCUT2D eigenvalue weighted by Crippen LogP contribution is 2.18. The van der Waals surface area contributed by atoms with Crippen LogP contribution in [0.3, 0.4) is 0 Å². The van der Waals surface area contributed by atoms with E-state index in [9.17, 15) is 4.79 Å². The van der Waals surface area contributed by atoms with Crippen molar-refractivity contribution in [1.82, 2.24) is 5.32 Å². The average molecular weight is 243 g/mol. The molecule has 4 nitrogen and oxygen atoms in total. The van der Waals surface area contributed by atoms with Gasteiger partial charge in [-0.2, -0.15) is 0 Å². The number of hydrogen-bond donors (Lipinski definition) is 1. The number of esters is 1. The zero-order chi connectivity index (χ0) is 12.9. The van der Waals surface area contributed by atoms with Crippen LogP contribution in [0.1, 0.15) is 47.0 Å². The fourth-order valence-corrected chi connectivity index (χ4v) is 1.93. The van der Waals surface area contributed by atoms with Crippen LogP contribution >= 0.6 is 0 Å². The molecule has 17 heavy (non-hydrogen) atoms. The first kappa shape index (κ1) is 14.5. The molecule has 1 rings (SSSR count). The summed E-state index contributed by atoms with van der Waals surface area (Å²) < 4.78 is 10.7. The topological polar surface area (TPSA) is 47.6 Å². The van der Waals surface area contributed by atoms with Gasteiger partial charge in [-0.1, -0.05) is 0 Å². The minimum atomic E-state index is -0.394. The molecule has 0 saturated carbocycles. The molecular formula is C13H25NO3. The van der Waals surface area contributed by atoms with E-state index < -0.39 is 5.60 Å². The summed E-state index contributed by atoms with van der Waals surface area (Å²) >= 11 is 0. The standard InChI is InChI=1S/C13H25NO3/c1-12(2,3)17-11(15)6-8-14-13(4)7-5-9-16-10-13/h14H,5-10H2,1-4H3. The van der Waals surface area contributed by atoms with Gasteiger partial charge in [0.25, 0.3) is 0 Å². The lowest BCUT2D eigenvalue weighted by molar-refractivity contribution is -0.154. The number of carbonyl (C=O) groups is 1. The molecule has 0 aromatic rings. The van der Waals surface area contributed by atoms with Crippen molar-refractivity contribution in [2.45, 2.75) is 58.1 Å². The fraction of sp³-hybridized carbons (Fsp3) is 0.923. The van der Waals surface area contributed by atoms with Gasteiger partial charge in [-0.05, 0) is 40.5 Å². The van der Waals surface area contributed by atoms with Crippen molar-refractivity contribution in [3.8, 4) is 0 Å². The quantitative estimate of drug-likeness (QED) is 0.766. The second-order valence-electron chi connectivity index (χ2n) is 5.98. The lowest BCUT2D eigenvalue weighted by Gasteiger charge is -2.34. The normalized spacial score (nSPS) is 25.6. The van der Waals surface area contributed by atoms with Crippen LogP contribution in [0.4, 0.5) is 0 Å². The molecule has 0 aliphatic carbocycles. The summed E-state index contributed by atoms with van der Waals surface area (Å²) in [6.07, 6.45) is 2.59. The Labute approximate surface area is 104 Å². The third-order valence-corrected chi connectivity index (χ3v) is 2.74. The van der Waals surface area contributed by atoms with E-state index in [1.165, 1.54) is 0 Å². The Bertz CT molecular complexity index is 252. The largest absolute Gasteiger partial charge is 0.460 e. The lowest BCUT2D eigenvalue weighted by atomic mass is 9.95. The maximum atomic E-state index is 11.5. The number of nitrogens with one attached hydrogen (secondary N) is 1. The van der Waals surface area contributed by atoms with Crippen molar-refractivity contribution in [3.05, 3.63) is 0 Å². The molecule has 1 aliphatic rings. The Morgan fingerprint density at radius 3 is 2.71 bits per heavy atom. The molecule has 1 atom stereocenters. The molecule has 0 radical (unpaired) electrons. The summed E-state index contributed by atoms with van der Waals surface area (Å²) in [5.41, 5.74) is -0.380. The van der Waals surface area contributed by atoms with Crippen LogP contribution in [0.15, 0.2) is 0 Å². The zero-order valence-corrected chi connectivity index (χ0v) is 11.5. The highest BCUT2D eigenvalue weighted by atomic mass is 16.6. The molecule has 0 spiro atoms. The Kier molecular flexibility index (Phi) is 4.95. The van der Waals surface area contributed by atoms with Crippen LogP contribution in [-0.4, -0.2) is 36.9 Å². The van der Waals surface area contributed by atoms with Crippen molar-refractivity contribution in [1.29, 1.82) is 0 Å². The molecule has 1 N–H and O–H groups in total. The third-order valence-electron chi connectivity index (χ3n) is 2.74. The van der Waals surface area contributed by atoms with Crippen LogP contribution in [0.5, 0.6) is 0 Å². The fourth-order valence-electron chi connectivity index (χ4n) is 1.93. The summed E-state index contributed by atoms with van der Waals surface area (Å²) in [6, 6.07) is 0. The van der Waals surface area contributed by atoms with Gasteiger partial charge in [0.2, 0.25) is 0 Å². The molecule has 100 valence electrons. The Balaban J connectivity index is 2.20. The van der Waals surface area contributed by atoms with Crippen molar-refractivity contribution < 1.29 is 14.3 Å². The molecule has 1 heterocycles. The smallest absolute Gasteiger partial charge is 0.307 e. The van der Waals surface area contributed by atoms with E-state index in [0.29, 0.717) is 13.0 Å². The maximum Gasteiger partial charge on any atom is 0.307 e. The lowest BCUT2D eigenvalue weighted by Crippen LogP contribution is -2.49. The molecule has 1 unspecified atom stereocenters. The molecule has 0 aromatic carbocycles. The summed E-state index contributed by atoms with van der Waals surface area (Å²) in [5, 5.41) is 3.39. The monoisotopic (exact) mass is 243 g/mol. The van der Waals surface area contributed by atoms with E-state index in [0.717, 1.165) is 26.1 Å². The minimum absolute atomic E-state index is 0.0141. The van der Waals surface area contributed by atoms with E-state index >= 15 is 0 Å². The first-order valence-corrected chi connectivity index (χ1v) is 6.35. The van der Waals surface area contributed by atoms with Gasteiger partial charge in [0, 0.05) is 18.7 Å². The van der Waals surface area contributed by atoms with Gasteiger partial charge in [0.1, 0.15) is 5.60 Å². The highest BCUT2D eigenvalue weighted by Gasteiger charge is 2.27. The summed E-state index contributed by atoms with van der Waals surface area (Å²) in [4.78, 5) is 11.5. The molecule has 1 saturated heterocycles. The maximum absolute atomic E-state index is 11.5. The molecule has 1 aliphatic heterocycles.